The molecular weight excluding hydrogens is 293 g/mol. The van der Waals surface area contributed by atoms with Gasteiger partial charge in [-0.3, -0.25) is 4.79 Å². The maximum Gasteiger partial charge on any atom is 0.312 e. The Balaban J connectivity index is 1.94. The molecule has 0 saturated heterocycles. The van der Waals surface area contributed by atoms with Crippen LogP contribution in [0.25, 0.3) is 0 Å². The van der Waals surface area contributed by atoms with Crippen molar-refractivity contribution in [3.05, 3.63) is 64.4 Å². The van der Waals surface area contributed by atoms with Gasteiger partial charge in [0.25, 0.3) is 0 Å². The molecule has 3 nitrogen and oxygen atoms in total. The highest BCUT2D eigenvalue weighted by molar-refractivity contribution is 6.31. The van der Waals surface area contributed by atoms with Gasteiger partial charge < -0.3 is 10.0 Å². The molecule has 0 spiro atoms. The fourth-order valence-corrected chi connectivity index (χ4v) is 2.90. The monoisotopic (exact) mass is 305 g/mol. The summed E-state index contributed by atoms with van der Waals surface area (Å²) >= 11 is 6.09. The predicted molar refractivity (Wildman–Crippen MR) is 79.3 cm³/mol. The van der Waals surface area contributed by atoms with Crippen LogP contribution < -0.4 is 4.90 Å². The first-order valence-electron chi connectivity index (χ1n) is 6.57. The number of hydrogen-bond acceptors (Lipinski definition) is 2. The van der Waals surface area contributed by atoms with E-state index < -0.39 is 11.9 Å². The van der Waals surface area contributed by atoms with Crippen LogP contribution >= 0.6 is 11.6 Å². The second-order valence-electron chi connectivity index (χ2n) is 5.07. The fraction of sp³-hybridized carbons (Fsp3) is 0.188. The molecule has 0 saturated carbocycles. The lowest BCUT2D eigenvalue weighted by Crippen LogP contribution is -2.24. The minimum Gasteiger partial charge on any atom is -0.481 e. The molecule has 1 atom stereocenters. The molecule has 2 aromatic carbocycles. The Hall–Kier alpha value is -2.07. The molecule has 1 N–H and O–H groups in total. The van der Waals surface area contributed by atoms with Crippen LogP contribution in [0.15, 0.2) is 42.5 Å². The normalized spacial score (nSPS) is 16.9. The van der Waals surface area contributed by atoms with E-state index in [1.807, 2.05) is 29.2 Å². The molecule has 3 rings (SSSR count). The van der Waals surface area contributed by atoms with Crippen molar-refractivity contribution in [1.29, 1.82) is 0 Å². The molecule has 0 aromatic heterocycles. The highest BCUT2D eigenvalue weighted by Gasteiger charge is 2.33. The number of aliphatic carboxylic acids is 1. The van der Waals surface area contributed by atoms with Crippen LogP contribution in [0.4, 0.5) is 10.1 Å². The molecule has 1 aliphatic heterocycles. The minimum absolute atomic E-state index is 0.350. The van der Waals surface area contributed by atoms with Crippen LogP contribution in [0.1, 0.15) is 17.0 Å². The lowest BCUT2D eigenvalue weighted by molar-refractivity contribution is -0.138. The van der Waals surface area contributed by atoms with Crippen molar-refractivity contribution >= 4 is 23.3 Å². The molecule has 108 valence electrons. The maximum absolute atomic E-state index is 13.4. The van der Waals surface area contributed by atoms with Crippen LogP contribution in [-0.2, 0) is 11.3 Å². The number of hydrogen-bond donors (Lipinski definition) is 1. The summed E-state index contributed by atoms with van der Waals surface area (Å²) in [5.41, 5.74) is 2.31. The van der Waals surface area contributed by atoms with Gasteiger partial charge in [-0.05, 0) is 35.4 Å². The number of para-hydroxylation sites is 1. The number of anilines is 1. The van der Waals surface area contributed by atoms with E-state index in [1.165, 1.54) is 18.2 Å². The first-order valence-corrected chi connectivity index (χ1v) is 6.94. The Bertz CT molecular complexity index is 704. The van der Waals surface area contributed by atoms with Gasteiger partial charge in [-0.15, -0.1) is 0 Å². The van der Waals surface area contributed by atoms with Gasteiger partial charge in [-0.25, -0.2) is 4.39 Å². The zero-order valence-corrected chi connectivity index (χ0v) is 11.8. The van der Waals surface area contributed by atoms with E-state index in [2.05, 4.69) is 0 Å². The molecule has 1 aliphatic rings. The Morgan fingerprint density at radius 1 is 1.33 bits per heavy atom. The van der Waals surface area contributed by atoms with Crippen LogP contribution in [0.5, 0.6) is 0 Å². The van der Waals surface area contributed by atoms with Crippen molar-refractivity contribution in [2.24, 2.45) is 0 Å². The molecule has 0 radical (unpaired) electrons. The van der Waals surface area contributed by atoms with E-state index in [1.54, 1.807) is 0 Å². The maximum atomic E-state index is 13.4. The van der Waals surface area contributed by atoms with Gasteiger partial charge in [0.1, 0.15) is 11.7 Å². The number of carbonyl (C=O) groups is 1. The number of fused-ring (bicyclic) bond motifs is 1. The van der Waals surface area contributed by atoms with E-state index in [0.717, 1.165) is 11.3 Å². The molecule has 0 aliphatic carbocycles. The van der Waals surface area contributed by atoms with Gasteiger partial charge in [-0.2, -0.15) is 0 Å². The van der Waals surface area contributed by atoms with E-state index >= 15 is 0 Å². The van der Waals surface area contributed by atoms with Crippen LogP contribution in [-0.4, -0.2) is 17.6 Å². The summed E-state index contributed by atoms with van der Waals surface area (Å²) in [4.78, 5) is 13.3. The number of benzene rings is 2. The van der Waals surface area contributed by atoms with Gasteiger partial charge in [0.2, 0.25) is 0 Å². The third-order valence-electron chi connectivity index (χ3n) is 3.72. The molecule has 1 unspecified atom stereocenters. The lowest BCUT2D eigenvalue weighted by atomic mass is 10.0. The molecule has 2 aromatic rings. The number of halogens is 2. The van der Waals surface area contributed by atoms with Crippen molar-refractivity contribution in [3.63, 3.8) is 0 Å². The average molecular weight is 306 g/mol. The topological polar surface area (TPSA) is 40.5 Å². The molecule has 1 heterocycles. The van der Waals surface area contributed by atoms with E-state index in [9.17, 15) is 14.3 Å². The van der Waals surface area contributed by atoms with Gasteiger partial charge >= 0.3 is 5.97 Å². The van der Waals surface area contributed by atoms with Gasteiger partial charge in [0.15, 0.2) is 0 Å². The highest BCUT2D eigenvalue weighted by atomic mass is 35.5. The smallest absolute Gasteiger partial charge is 0.312 e. The SMILES string of the molecule is O=C(O)C1CN(Cc2cc(F)ccc2Cl)c2ccccc21. The third-order valence-corrected chi connectivity index (χ3v) is 4.09. The molecule has 0 fully saturated rings. The minimum atomic E-state index is -0.852. The van der Waals surface area contributed by atoms with Crippen molar-refractivity contribution in [2.75, 3.05) is 11.4 Å². The first-order chi connectivity index (χ1) is 10.1. The lowest BCUT2D eigenvalue weighted by Gasteiger charge is -2.20. The van der Waals surface area contributed by atoms with Gasteiger partial charge in [-0.1, -0.05) is 29.8 Å². The van der Waals surface area contributed by atoms with Gasteiger partial charge in [0, 0.05) is 23.8 Å². The zero-order chi connectivity index (χ0) is 15.0. The van der Waals surface area contributed by atoms with Crippen LogP contribution in [0.3, 0.4) is 0 Å². The highest BCUT2D eigenvalue weighted by Crippen LogP contribution is 2.37. The van der Waals surface area contributed by atoms with Crippen molar-refractivity contribution < 1.29 is 14.3 Å². The molecule has 0 bridgehead atoms. The Labute approximate surface area is 126 Å². The number of nitrogens with zero attached hydrogens (tertiary/aromatic N) is 1. The van der Waals surface area contributed by atoms with Crippen LogP contribution in [0, 0.1) is 5.82 Å². The van der Waals surface area contributed by atoms with E-state index in [-0.39, 0.29) is 5.82 Å². The number of carboxylic acid groups (broad SMARTS) is 1. The summed E-state index contributed by atoms with van der Waals surface area (Å²) in [6.07, 6.45) is 0. The van der Waals surface area contributed by atoms with E-state index in [4.69, 9.17) is 11.6 Å². The Morgan fingerprint density at radius 2 is 2.10 bits per heavy atom. The molecule has 5 heteroatoms. The molecule has 0 amide bonds. The summed E-state index contributed by atoms with van der Waals surface area (Å²) in [6.45, 7) is 0.749. The Kier molecular flexibility index (Phi) is 3.55. The fourth-order valence-electron chi connectivity index (χ4n) is 2.72. The zero-order valence-electron chi connectivity index (χ0n) is 11.1. The van der Waals surface area contributed by atoms with Crippen molar-refractivity contribution in [1.82, 2.24) is 0 Å². The largest absolute Gasteiger partial charge is 0.481 e. The van der Waals surface area contributed by atoms with Crippen LogP contribution in [0.2, 0.25) is 5.02 Å². The summed E-state index contributed by atoms with van der Waals surface area (Å²) in [7, 11) is 0. The summed E-state index contributed by atoms with van der Waals surface area (Å²) < 4.78 is 13.4. The quantitative estimate of drug-likeness (QED) is 0.940. The second kappa shape index (κ2) is 5.37. The van der Waals surface area contributed by atoms with E-state index in [0.29, 0.717) is 23.7 Å². The summed E-state index contributed by atoms with van der Waals surface area (Å²) in [6, 6.07) is 11.6. The second-order valence-corrected chi connectivity index (χ2v) is 5.47. The Morgan fingerprint density at radius 3 is 2.86 bits per heavy atom. The molecule has 21 heavy (non-hydrogen) atoms. The summed E-state index contributed by atoms with van der Waals surface area (Å²) in [5.74, 6) is -1.76. The average Bonchev–Trinajstić information content (AvgIpc) is 2.82. The number of carboxylic acids is 1. The summed E-state index contributed by atoms with van der Waals surface area (Å²) in [5, 5.41) is 9.81. The third kappa shape index (κ3) is 2.59. The van der Waals surface area contributed by atoms with Crippen molar-refractivity contribution in [2.45, 2.75) is 12.5 Å². The predicted octanol–water partition coefficient (Wildman–Crippen LogP) is 3.67. The van der Waals surface area contributed by atoms with Gasteiger partial charge in [0.05, 0.1) is 0 Å². The number of rotatable bonds is 3. The van der Waals surface area contributed by atoms with Crippen molar-refractivity contribution in [3.8, 4) is 0 Å². The molecular formula is C16H13ClFNO2. The standard InChI is InChI=1S/C16H13ClFNO2/c17-14-6-5-11(18)7-10(14)8-19-9-13(16(20)21)12-3-1-2-4-15(12)19/h1-7,13H,8-9H2,(H,20,21). The first kappa shape index (κ1) is 13.9.